The minimum Gasteiger partial charge on any atom is -0.343 e. The van der Waals surface area contributed by atoms with Crippen molar-refractivity contribution in [1.82, 2.24) is 19.1 Å². The summed E-state index contributed by atoms with van der Waals surface area (Å²) in [5.74, 6) is 0.581. The number of hydrogen-bond donors (Lipinski definition) is 1. The number of carbonyl (C=O) groups excluding carboxylic acids is 1. The number of likely N-dealkylation sites (tertiary alicyclic amines) is 1. The smallest absolute Gasteiger partial charge is 0.343 e. The van der Waals surface area contributed by atoms with Crippen LogP contribution in [0, 0.1) is 5.92 Å². The van der Waals surface area contributed by atoms with Crippen molar-refractivity contribution in [2.24, 2.45) is 11.7 Å². The van der Waals surface area contributed by atoms with Gasteiger partial charge in [-0.2, -0.15) is 0 Å². The molecule has 8 heteroatoms. The van der Waals surface area contributed by atoms with Crippen LogP contribution in [0.1, 0.15) is 26.2 Å². The number of aryl methyl sites for hydroxylation is 1. The van der Waals surface area contributed by atoms with E-state index >= 15 is 0 Å². The summed E-state index contributed by atoms with van der Waals surface area (Å²) in [6.45, 7) is 3.85. The third kappa shape index (κ3) is 3.79. The van der Waals surface area contributed by atoms with Gasteiger partial charge in [-0.15, -0.1) is 17.5 Å². The zero-order valence-corrected chi connectivity index (χ0v) is 14.6. The molecule has 7 nitrogen and oxygen atoms in total. The Morgan fingerprint density at radius 3 is 2.71 bits per heavy atom. The second kappa shape index (κ2) is 7.81. The van der Waals surface area contributed by atoms with Crippen molar-refractivity contribution in [1.29, 1.82) is 0 Å². The summed E-state index contributed by atoms with van der Waals surface area (Å²) in [5, 5.41) is 4.24. The van der Waals surface area contributed by atoms with Gasteiger partial charge in [0.1, 0.15) is 0 Å². The predicted molar refractivity (Wildman–Crippen MR) is 94.3 cm³/mol. The van der Waals surface area contributed by atoms with Crippen molar-refractivity contribution >= 4 is 24.0 Å². The molecule has 1 amide bonds. The zero-order valence-electron chi connectivity index (χ0n) is 13.8. The first-order valence-electron chi connectivity index (χ1n) is 8.14. The number of pyridine rings is 1. The van der Waals surface area contributed by atoms with Gasteiger partial charge >= 0.3 is 5.69 Å². The third-order valence-electron chi connectivity index (χ3n) is 4.66. The van der Waals surface area contributed by atoms with Crippen LogP contribution >= 0.6 is 12.4 Å². The Morgan fingerprint density at radius 2 is 2.08 bits per heavy atom. The molecule has 3 rings (SSSR count). The molecule has 2 N–H and O–H groups in total. The SMILES string of the molecule is CC(N)C1CCN(C(=O)CCn2nc3ccccn3c2=O)CC1.Cl. The predicted octanol–water partition coefficient (Wildman–Crippen LogP) is 0.894. The lowest BCUT2D eigenvalue weighted by Crippen LogP contribution is -2.43. The lowest BCUT2D eigenvalue weighted by molar-refractivity contribution is -0.133. The van der Waals surface area contributed by atoms with Crippen LogP contribution in [-0.2, 0) is 11.3 Å². The number of carbonyl (C=O) groups is 1. The maximum atomic E-state index is 12.3. The van der Waals surface area contributed by atoms with Crippen molar-refractivity contribution < 1.29 is 4.79 Å². The molecule has 1 saturated heterocycles. The Labute approximate surface area is 146 Å². The first-order valence-corrected chi connectivity index (χ1v) is 8.14. The number of aromatic nitrogens is 3. The molecule has 0 radical (unpaired) electrons. The fourth-order valence-corrected chi connectivity index (χ4v) is 3.15. The van der Waals surface area contributed by atoms with Crippen molar-refractivity contribution in [3.8, 4) is 0 Å². The number of rotatable bonds is 4. The maximum Gasteiger partial charge on any atom is 0.350 e. The molecule has 1 unspecified atom stereocenters. The fourth-order valence-electron chi connectivity index (χ4n) is 3.15. The number of nitrogens with zero attached hydrogens (tertiary/aromatic N) is 4. The highest BCUT2D eigenvalue weighted by Crippen LogP contribution is 2.20. The highest BCUT2D eigenvalue weighted by molar-refractivity contribution is 5.85. The summed E-state index contributed by atoms with van der Waals surface area (Å²) in [4.78, 5) is 26.4. The fraction of sp³-hybridized carbons (Fsp3) is 0.562. The van der Waals surface area contributed by atoms with Crippen LogP contribution in [-0.4, -0.2) is 44.1 Å². The molecule has 0 aliphatic carbocycles. The quantitative estimate of drug-likeness (QED) is 0.884. The van der Waals surface area contributed by atoms with Gasteiger partial charge in [0.2, 0.25) is 5.91 Å². The largest absolute Gasteiger partial charge is 0.350 e. The first-order chi connectivity index (χ1) is 11.1. The van der Waals surface area contributed by atoms with Crippen LogP contribution in [0.5, 0.6) is 0 Å². The average molecular weight is 354 g/mol. The van der Waals surface area contributed by atoms with E-state index in [4.69, 9.17) is 5.73 Å². The Morgan fingerprint density at radius 1 is 1.38 bits per heavy atom. The molecule has 2 aromatic rings. The van der Waals surface area contributed by atoms with E-state index in [1.54, 1.807) is 18.3 Å². The van der Waals surface area contributed by atoms with Crippen molar-refractivity contribution in [3.05, 3.63) is 34.9 Å². The Hall–Kier alpha value is -1.86. The van der Waals surface area contributed by atoms with Crippen LogP contribution in [0.25, 0.3) is 5.65 Å². The molecular formula is C16H24ClN5O2. The molecule has 1 aliphatic rings. The van der Waals surface area contributed by atoms with Gasteiger partial charge in [-0.05, 0) is 37.8 Å². The van der Waals surface area contributed by atoms with E-state index in [0.717, 1.165) is 25.9 Å². The van der Waals surface area contributed by atoms with Gasteiger partial charge < -0.3 is 10.6 Å². The molecule has 132 valence electrons. The topological polar surface area (TPSA) is 85.6 Å². The van der Waals surface area contributed by atoms with E-state index in [-0.39, 0.29) is 30.0 Å². The normalized spacial score (nSPS) is 16.8. The molecule has 0 saturated carbocycles. The van der Waals surface area contributed by atoms with E-state index < -0.39 is 0 Å². The lowest BCUT2D eigenvalue weighted by Gasteiger charge is -2.33. The Kier molecular flexibility index (Phi) is 6.01. The second-order valence-corrected chi connectivity index (χ2v) is 6.26. The van der Waals surface area contributed by atoms with Gasteiger partial charge in [-0.25, -0.2) is 9.48 Å². The summed E-state index contributed by atoms with van der Waals surface area (Å²) in [6.07, 6.45) is 3.89. The highest BCUT2D eigenvalue weighted by Gasteiger charge is 2.24. The molecule has 3 heterocycles. The molecule has 1 fully saturated rings. The van der Waals surface area contributed by atoms with Gasteiger partial charge in [0.05, 0.1) is 6.54 Å². The summed E-state index contributed by atoms with van der Waals surface area (Å²) in [6, 6.07) is 5.58. The minimum absolute atomic E-state index is 0. The number of fused-ring (bicyclic) bond motifs is 1. The van der Waals surface area contributed by atoms with E-state index in [0.29, 0.717) is 24.5 Å². The Bertz CT molecular complexity index is 746. The number of amides is 1. The lowest BCUT2D eigenvalue weighted by atomic mass is 9.91. The van der Waals surface area contributed by atoms with Crippen molar-refractivity contribution in [2.75, 3.05) is 13.1 Å². The summed E-state index contributed by atoms with van der Waals surface area (Å²) in [7, 11) is 0. The molecule has 1 atom stereocenters. The van der Waals surface area contributed by atoms with Crippen LogP contribution in [0.2, 0.25) is 0 Å². The van der Waals surface area contributed by atoms with Crippen LogP contribution in [0.4, 0.5) is 0 Å². The van der Waals surface area contributed by atoms with Crippen LogP contribution in [0.3, 0.4) is 0 Å². The zero-order chi connectivity index (χ0) is 16.4. The van der Waals surface area contributed by atoms with Gasteiger partial charge in [-0.1, -0.05) is 6.07 Å². The van der Waals surface area contributed by atoms with Gasteiger partial charge in [0.25, 0.3) is 0 Å². The number of hydrogen-bond acceptors (Lipinski definition) is 4. The van der Waals surface area contributed by atoms with Crippen LogP contribution < -0.4 is 11.4 Å². The second-order valence-electron chi connectivity index (χ2n) is 6.26. The standard InChI is InChI=1S/C16H23N5O2.ClH/c1-12(17)13-5-9-19(10-6-13)15(22)7-11-21-16(23)20-8-3-2-4-14(20)18-21;/h2-4,8,12-13H,5-7,9-11,17H2,1H3;1H. The monoisotopic (exact) mass is 353 g/mol. The average Bonchev–Trinajstić information content (AvgIpc) is 2.89. The molecule has 24 heavy (non-hydrogen) atoms. The van der Waals surface area contributed by atoms with Gasteiger partial charge in [0.15, 0.2) is 5.65 Å². The van der Waals surface area contributed by atoms with E-state index in [1.165, 1.54) is 9.08 Å². The molecular weight excluding hydrogens is 330 g/mol. The third-order valence-corrected chi connectivity index (χ3v) is 4.66. The number of halogens is 1. The minimum atomic E-state index is -0.205. The first kappa shape index (κ1) is 18.5. The summed E-state index contributed by atoms with van der Waals surface area (Å²) in [5.41, 5.74) is 6.32. The number of nitrogens with two attached hydrogens (primary N) is 1. The maximum absolute atomic E-state index is 12.3. The van der Waals surface area contributed by atoms with Crippen molar-refractivity contribution in [2.45, 2.75) is 38.8 Å². The van der Waals surface area contributed by atoms with E-state index in [1.807, 2.05) is 17.9 Å². The Balaban J connectivity index is 0.00000208. The highest BCUT2D eigenvalue weighted by atomic mass is 35.5. The van der Waals surface area contributed by atoms with Crippen molar-refractivity contribution in [3.63, 3.8) is 0 Å². The molecule has 1 aliphatic heterocycles. The van der Waals surface area contributed by atoms with E-state index in [9.17, 15) is 9.59 Å². The van der Waals surface area contributed by atoms with E-state index in [2.05, 4.69) is 5.10 Å². The summed E-state index contributed by atoms with van der Waals surface area (Å²) < 4.78 is 2.85. The molecule has 0 spiro atoms. The number of piperidine rings is 1. The molecule has 0 aromatic carbocycles. The van der Waals surface area contributed by atoms with Gasteiger partial charge in [-0.3, -0.25) is 9.20 Å². The molecule has 2 aromatic heterocycles. The summed E-state index contributed by atoms with van der Waals surface area (Å²) >= 11 is 0. The van der Waals surface area contributed by atoms with Gasteiger partial charge in [0, 0.05) is 31.7 Å². The van der Waals surface area contributed by atoms with Crippen LogP contribution in [0.15, 0.2) is 29.2 Å². The molecule has 0 bridgehead atoms.